The molecule has 0 aliphatic heterocycles. The Morgan fingerprint density at radius 3 is 3.15 bits per heavy atom. The molecule has 104 valence electrons. The first-order valence-electron chi connectivity index (χ1n) is 6.04. The molecule has 0 aliphatic rings. The second-order valence-electron chi connectivity index (χ2n) is 3.90. The summed E-state index contributed by atoms with van der Waals surface area (Å²) < 4.78 is 4.86. The van der Waals surface area contributed by atoms with Gasteiger partial charge in [0.25, 0.3) is 5.91 Å². The number of hydrogen-bond donors (Lipinski definition) is 2. The molecule has 0 bridgehead atoms. The molecule has 20 heavy (non-hydrogen) atoms. The van der Waals surface area contributed by atoms with Gasteiger partial charge in [0.05, 0.1) is 6.54 Å². The van der Waals surface area contributed by atoms with Gasteiger partial charge in [0.1, 0.15) is 4.88 Å². The highest BCUT2D eigenvalue weighted by Crippen LogP contribution is 2.15. The Hall–Kier alpha value is -2.17. The average molecular weight is 290 g/mol. The lowest BCUT2D eigenvalue weighted by atomic mass is 10.2. The third kappa shape index (κ3) is 3.66. The van der Waals surface area contributed by atoms with E-state index in [-0.39, 0.29) is 12.5 Å². The Labute approximate surface area is 120 Å². The van der Waals surface area contributed by atoms with E-state index in [0.29, 0.717) is 35.1 Å². The first kappa shape index (κ1) is 14.2. The van der Waals surface area contributed by atoms with E-state index in [9.17, 15) is 4.79 Å². The number of nitrogens with one attached hydrogen (secondary N) is 1. The van der Waals surface area contributed by atoms with Crippen molar-refractivity contribution in [2.75, 3.05) is 13.1 Å². The third-order valence-corrected chi connectivity index (χ3v) is 3.31. The maximum absolute atomic E-state index is 12.0. The fourth-order valence-corrected chi connectivity index (χ4v) is 2.31. The van der Waals surface area contributed by atoms with Crippen LogP contribution in [0.15, 0.2) is 16.0 Å². The van der Waals surface area contributed by atoms with Crippen LogP contribution in [0.1, 0.15) is 27.0 Å². The van der Waals surface area contributed by atoms with Crippen LogP contribution in [0.5, 0.6) is 0 Å². The standard InChI is InChI=1S/C13H14N4O2S/c1-9-16-11(17-19-9)4-7-15-13(18)12-10(3-2-6-14)5-8-20-12/h5,8H,4,6-7,14H2,1H3,(H,15,18). The van der Waals surface area contributed by atoms with Gasteiger partial charge in [-0.05, 0) is 11.4 Å². The van der Waals surface area contributed by atoms with Gasteiger partial charge in [0.15, 0.2) is 5.82 Å². The molecule has 0 atom stereocenters. The van der Waals surface area contributed by atoms with Crippen molar-refractivity contribution in [3.05, 3.63) is 33.6 Å². The van der Waals surface area contributed by atoms with Crippen molar-refractivity contribution in [3.63, 3.8) is 0 Å². The molecule has 0 aromatic carbocycles. The summed E-state index contributed by atoms with van der Waals surface area (Å²) in [7, 11) is 0. The van der Waals surface area contributed by atoms with Gasteiger partial charge < -0.3 is 15.6 Å². The van der Waals surface area contributed by atoms with E-state index >= 15 is 0 Å². The average Bonchev–Trinajstić information content (AvgIpc) is 3.05. The zero-order valence-electron chi connectivity index (χ0n) is 11.0. The lowest BCUT2D eigenvalue weighted by Crippen LogP contribution is -2.25. The van der Waals surface area contributed by atoms with Crippen LogP contribution in [-0.4, -0.2) is 29.1 Å². The molecule has 6 nitrogen and oxygen atoms in total. The summed E-state index contributed by atoms with van der Waals surface area (Å²) in [5.74, 6) is 6.57. The van der Waals surface area contributed by atoms with Gasteiger partial charge >= 0.3 is 0 Å². The van der Waals surface area contributed by atoms with Gasteiger partial charge in [0.2, 0.25) is 5.89 Å². The molecule has 0 unspecified atom stereocenters. The van der Waals surface area contributed by atoms with E-state index in [0.717, 1.165) is 0 Å². The molecule has 0 radical (unpaired) electrons. The van der Waals surface area contributed by atoms with Crippen LogP contribution in [0.3, 0.4) is 0 Å². The number of aromatic nitrogens is 2. The van der Waals surface area contributed by atoms with Gasteiger partial charge in [-0.1, -0.05) is 17.0 Å². The lowest BCUT2D eigenvalue weighted by molar-refractivity contribution is 0.0957. The molecule has 0 saturated carbocycles. The van der Waals surface area contributed by atoms with Crippen molar-refractivity contribution >= 4 is 17.2 Å². The second-order valence-corrected chi connectivity index (χ2v) is 4.82. The minimum absolute atomic E-state index is 0.151. The maximum Gasteiger partial charge on any atom is 0.262 e. The minimum atomic E-state index is -0.151. The zero-order valence-corrected chi connectivity index (χ0v) is 11.8. The summed E-state index contributed by atoms with van der Waals surface area (Å²) in [6, 6.07) is 1.81. The molecule has 3 N–H and O–H groups in total. The third-order valence-electron chi connectivity index (χ3n) is 2.40. The first-order chi connectivity index (χ1) is 9.70. The van der Waals surface area contributed by atoms with Crippen LogP contribution in [0.25, 0.3) is 0 Å². The van der Waals surface area contributed by atoms with E-state index in [4.69, 9.17) is 10.3 Å². The monoisotopic (exact) mass is 290 g/mol. The smallest absolute Gasteiger partial charge is 0.262 e. The second kappa shape index (κ2) is 6.84. The van der Waals surface area contributed by atoms with Crippen molar-refractivity contribution in [1.82, 2.24) is 15.5 Å². The molecule has 0 spiro atoms. The Kier molecular flexibility index (Phi) is 4.87. The van der Waals surface area contributed by atoms with Crippen LogP contribution in [0.2, 0.25) is 0 Å². The van der Waals surface area contributed by atoms with Crippen LogP contribution < -0.4 is 11.1 Å². The number of aryl methyl sites for hydroxylation is 1. The predicted octanol–water partition coefficient (Wildman–Crippen LogP) is 0.722. The van der Waals surface area contributed by atoms with Crippen molar-refractivity contribution in [3.8, 4) is 11.8 Å². The van der Waals surface area contributed by atoms with E-state index < -0.39 is 0 Å². The summed E-state index contributed by atoms with van der Waals surface area (Å²) in [5.41, 5.74) is 6.03. The Morgan fingerprint density at radius 2 is 2.45 bits per heavy atom. The van der Waals surface area contributed by atoms with Crippen molar-refractivity contribution in [2.24, 2.45) is 5.73 Å². The number of nitrogens with two attached hydrogens (primary N) is 1. The van der Waals surface area contributed by atoms with Crippen LogP contribution in [0.4, 0.5) is 0 Å². The Morgan fingerprint density at radius 1 is 1.60 bits per heavy atom. The van der Waals surface area contributed by atoms with Crippen molar-refractivity contribution in [1.29, 1.82) is 0 Å². The molecule has 0 saturated heterocycles. The molecule has 2 aromatic rings. The first-order valence-corrected chi connectivity index (χ1v) is 6.92. The number of carbonyl (C=O) groups is 1. The summed E-state index contributed by atoms with van der Waals surface area (Å²) in [4.78, 5) is 16.7. The van der Waals surface area contributed by atoms with E-state index in [1.807, 2.05) is 11.4 Å². The van der Waals surface area contributed by atoms with Gasteiger partial charge in [-0.2, -0.15) is 4.98 Å². The predicted molar refractivity (Wildman–Crippen MR) is 75.3 cm³/mol. The lowest BCUT2D eigenvalue weighted by Gasteiger charge is -2.01. The van der Waals surface area contributed by atoms with Crippen LogP contribution in [0, 0.1) is 18.8 Å². The molecular formula is C13H14N4O2S. The summed E-state index contributed by atoms with van der Waals surface area (Å²) in [6.45, 7) is 2.44. The molecule has 0 fully saturated rings. The number of rotatable bonds is 4. The highest BCUT2D eigenvalue weighted by molar-refractivity contribution is 7.12. The van der Waals surface area contributed by atoms with Crippen molar-refractivity contribution < 1.29 is 9.32 Å². The highest BCUT2D eigenvalue weighted by atomic mass is 32.1. The van der Waals surface area contributed by atoms with Crippen LogP contribution >= 0.6 is 11.3 Å². The minimum Gasteiger partial charge on any atom is -0.351 e. The Balaban J connectivity index is 1.90. The van der Waals surface area contributed by atoms with E-state index in [2.05, 4.69) is 27.3 Å². The molecule has 7 heteroatoms. The fraction of sp³-hybridized carbons (Fsp3) is 0.308. The van der Waals surface area contributed by atoms with Gasteiger partial charge in [0, 0.05) is 25.5 Å². The summed E-state index contributed by atoms with van der Waals surface area (Å²) in [6.07, 6.45) is 0.526. The van der Waals surface area contributed by atoms with E-state index in [1.54, 1.807) is 6.92 Å². The van der Waals surface area contributed by atoms with Crippen molar-refractivity contribution in [2.45, 2.75) is 13.3 Å². The highest BCUT2D eigenvalue weighted by Gasteiger charge is 2.12. The SMILES string of the molecule is Cc1nc(CCNC(=O)c2sccc2C#CCN)no1. The molecule has 0 aliphatic carbocycles. The normalized spacial score (nSPS) is 9.90. The zero-order chi connectivity index (χ0) is 14.4. The Bertz CT molecular complexity index is 651. The fourth-order valence-electron chi connectivity index (χ4n) is 1.54. The number of thiophene rings is 1. The number of nitrogens with zero attached hydrogens (tertiary/aromatic N) is 2. The molecule has 2 aromatic heterocycles. The molecule has 2 rings (SSSR count). The van der Waals surface area contributed by atoms with Gasteiger partial charge in [-0.25, -0.2) is 0 Å². The topological polar surface area (TPSA) is 94.0 Å². The van der Waals surface area contributed by atoms with Gasteiger partial charge in [-0.3, -0.25) is 4.79 Å². The number of hydrogen-bond acceptors (Lipinski definition) is 6. The summed E-state index contributed by atoms with van der Waals surface area (Å²) >= 11 is 1.35. The number of amides is 1. The summed E-state index contributed by atoms with van der Waals surface area (Å²) in [5, 5.41) is 8.40. The number of carbonyl (C=O) groups excluding carboxylic acids is 1. The maximum atomic E-state index is 12.0. The molecule has 2 heterocycles. The van der Waals surface area contributed by atoms with Crippen LogP contribution in [-0.2, 0) is 6.42 Å². The molecule has 1 amide bonds. The van der Waals surface area contributed by atoms with E-state index in [1.165, 1.54) is 11.3 Å². The quantitative estimate of drug-likeness (QED) is 0.809. The molecular weight excluding hydrogens is 276 g/mol. The largest absolute Gasteiger partial charge is 0.351 e. The van der Waals surface area contributed by atoms with Gasteiger partial charge in [-0.15, -0.1) is 11.3 Å².